The summed E-state index contributed by atoms with van der Waals surface area (Å²) in [7, 11) is 3.63. The molecule has 0 spiro atoms. The molecule has 2 aromatic carbocycles. The van der Waals surface area contributed by atoms with Crippen LogP contribution in [0.3, 0.4) is 0 Å². The molecule has 1 aliphatic carbocycles. The van der Waals surface area contributed by atoms with E-state index in [0.29, 0.717) is 12.8 Å². The topological polar surface area (TPSA) is 66.6 Å². The lowest BCUT2D eigenvalue weighted by Crippen LogP contribution is -2.40. The molecule has 0 aliphatic heterocycles. The predicted octanol–water partition coefficient (Wildman–Crippen LogP) is 3.37. The molecule has 4 nitrogen and oxygen atoms in total. The van der Waals surface area contributed by atoms with Crippen molar-refractivity contribution in [3.63, 3.8) is 0 Å². The number of carbonyl (C=O) groups excluding carboxylic acids is 1. The highest BCUT2D eigenvalue weighted by Crippen LogP contribution is 2.67. The first-order valence-corrected chi connectivity index (χ1v) is 9.29. The van der Waals surface area contributed by atoms with Gasteiger partial charge in [-0.2, -0.15) is 0 Å². The maximum absolute atomic E-state index is 14.2. The molecular formula is C22H26F2N2O2. The van der Waals surface area contributed by atoms with Gasteiger partial charge >= 0.3 is 0 Å². The summed E-state index contributed by atoms with van der Waals surface area (Å²) in [5.74, 6) is -2.43. The zero-order valence-electron chi connectivity index (χ0n) is 16.4. The summed E-state index contributed by atoms with van der Waals surface area (Å²) in [5.41, 5.74) is 5.59. The van der Waals surface area contributed by atoms with Crippen LogP contribution in [-0.2, 0) is 16.6 Å². The molecule has 1 fully saturated rings. The van der Waals surface area contributed by atoms with Crippen molar-refractivity contribution in [2.24, 2.45) is 11.1 Å². The Balaban J connectivity index is 1.91. The van der Waals surface area contributed by atoms with Gasteiger partial charge in [-0.25, -0.2) is 8.78 Å². The molecular weight excluding hydrogens is 362 g/mol. The van der Waals surface area contributed by atoms with E-state index in [1.165, 1.54) is 0 Å². The molecule has 28 heavy (non-hydrogen) atoms. The number of primary amides is 1. The Hall–Kier alpha value is -2.47. The summed E-state index contributed by atoms with van der Waals surface area (Å²) >= 11 is 0. The van der Waals surface area contributed by atoms with E-state index in [1.807, 2.05) is 56.3 Å². The second kappa shape index (κ2) is 7.17. The first-order valence-electron chi connectivity index (χ1n) is 9.29. The number of likely N-dealkylation sites (N-methyl/N-ethyl adjacent to an activating group) is 1. The SMILES string of the molecule is CN(C)[C@H](Cc1c(F)cc(O)cc1F)CC1(C(N)=O)CC1(C)c1ccccc1. The van der Waals surface area contributed by atoms with Crippen LogP contribution < -0.4 is 5.73 Å². The Morgan fingerprint density at radius 1 is 1.21 bits per heavy atom. The predicted molar refractivity (Wildman–Crippen MR) is 104 cm³/mol. The molecule has 0 saturated heterocycles. The van der Waals surface area contributed by atoms with E-state index in [2.05, 4.69) is 0 Å². The van der Waals surface area contributed by atoms with Crippen molar-refractivity contribution >= 4 is 5.91 Å². The minimum Gasteiger partial charge on any atom is -0.508 e. The average Bonchev–Trinajstić information content (AvgIpc) is 3.25. The minimum absolute atomic E-state index is 0.0743. The largest absolute Gasteiger partial charge is 0.508 e. The Labute approximate surface area is 164 Å². The zero-order valence-corrected chi connectivity index (χ0v) is 16.4. The fraction of sp³-hybridized carbons (Fsp3) is 0.409. The van der Waals surface area contributed by atoms with Crippen molar-refractivity contribution < 1.29 is 18.7 Å². The monoisotopic (exact) mass is 388 g/mol. The summed E-state index contributed by atoms with van der Waals surface area (Å²) in [6, 6.07) is 11.2. The van der Waals surface area contributed by atoms with Crippen LogP contribution in [0.2, 0.25) is 0 Å². The van der Waals surface area contributed by atoms with Gasteiger partial charge in [0.15, 0.2) is 0 Å². The molecule has 1 saturated carbocycles. The van der Waals surface area contributed by atoms with Crippen LogP contribution >= 0.6 is 0 Å². The summed E-state index contributed by atoms with van der Waals surface area (Å²) in [6.45, 7) is 2.02. The van der Waals surface area contributed by atoms with Crippen LogP contribution in [0.15, 0.2) is 42.5 Å². The van der Waals surface area contributed by atoms with Crippen LogP contribution in [0, 0.1) is 17.0 Å². The third-order valence-electron chi connectivity index (χ3n) is 6.35. The second-order valence-corrected chi connectivity index (χ2v) is 8.23. The number of aromatic hydroxyl groups is 1. The maximum atomic E-state index is 14.2. The van der Waals surface area contributed by atoms with Gasteiger partial charge in [0, 0.05) is 29.2 Å². The zero-order chi connectivity index (χ0) is 20.7. The number of nitrogens with two attached hydrogens (primary N) is 1. The van der Waals surface area contributed by atoms with E-state index in [4.69, 9.17) is 5.73 Å². The van der Waals surface area contributed by atoms with Crippen molar-refractivity contribution in [3.05, 3.63) is 65.2 Å². The lowest BCUT2D eigenvalue weighted by molar-refractivity contribution is -0.124. The number of benzene rings is 2. The van der Waals surface area contributed by atoms with Crippen LogP contribution in [0.25, 0.3) is 0 Å². The second-order valence-electron chi connectivity index (χ2n) is 8.23. The Kier molecular flexibility index (Phi) is 5.19. The Morgan fingerprint density at radius 2 is 1.79 bits per heavy atom. The molecule has 1 aliphatic rings. The smallest absolute Gasteiger partial charge is 0.224 e. The summed E-state index contributed by atoms with van der Waals surface area (Å²) < 4.78 is 28.5. The number of phenolic OH excluding ortho intramolecular Hbond substituents is 1. The Morgan fingerprint density at radius 3 is 2.29 bits per heavy atom. The molecule has 0 heterocycles. The molecule has 0 bridgehead atoms. The van der Waals surface area contributed by atoms with E-state index in [-0.39, 0.29) is 18.0 Å². The van der Waals surface area contributed by atoms with Gasteiger partial charge in [-0.3, -0.25) is 4.79 Å². The van der Waals surface area contributed by atoms with Crippen LogP contribution in [0.5, 0.6) is 5.75 Å². The molecule has 2 unspecified atom stereocenters. The number of hydrogen-bond donors (Lipinski definition) is 2. The number of rotatable bonds is 7. The lowest BCUT2D eigenvalue weighted by atomic mass is 9.81. The van der Waals surface area contributed by atoms with Crippen molar-refractivity contribution in [3.8, 4) is 5.75 Å². The summed E-state index contributed by atoms with van der Waals surface area (Å²) in [4.78, 5) is 14.3. The van der Waals surface area contributed by atoms with Gasteiger partial charge in [0.1, 0.15) is 17.4 Å². The van der Waals surface area contributed by atoms with Gasteiger partial charge in [0.2, 0.25) is 5.91 Å². The van der Waals surface area contributed by atoms with Crippen molar-refractivity contribution in [1.82, 2.24) is 4.90 Å². The lowest BCUT2D eigenvalue weighted by Gasteiger charge is -2.30. The van der Waals surface area contributed by atoms with Gasteiger partial charge in [-0.1, -0.05) is 37.3 Å². The molecule has 0 aromatic heterocycles. The van der Waals surface area contributed by atoms with E-state index in [0.717, 1.165) is 17.7 Å². The highest BCUT2D eigenvalue weighted by molar-refractivity contribution is 5.87. The number of carbonyl (C=O) groups is 1. The van der Waals surface area contributed by atoms with E-state index in [1.54, 1.807) is 0 Å². The fourth-order valence-corrected chi connectivity index (χ4v) is 4.36. The third-order valence-corrected chi connectivity index (χ3v) is 6.35. The van der Waals surface area contributed by atoms with E-state index < -0.39 is 34.1 Å². The molecule has 6 heteroatoms. The van der Waals surface area contributed by atoms with Crippen molar-refractivity contribution in [1.29, 1.82) is 0 Å². The first-order chi connectivity index (χ1) is 13.1. The normalized spacial score (nSPS) is 24.9. The highest BCUT2D eigenvalue weighted by Gasteiger charge is 2.69. The number of phenols is 1. The minimum atomic E-state index is -0.793. The molecule has 3 rings (SSSR count). The van der Waals surface area contributed by atoms with E-state index in [9.17, 15) is 18.7 Å². The molecule has 0 radical (unpaired) electrons. The van der Waals surface area contributed by atoms with Gasteiger partial charge in [-0.15, -0.1) is 0 Å². The standard InChI is InChI=1S/C22H26F2N2O2/c1-21(14-7-5-4-6-8-14)13-22(21,20(25)28)12-15(26(2)3)9-17-18(23)10-16(27)11-19(17)24/h4-8,10-11,15,27H,9,12-13H2,1-3H3,(H2,25,28)/t15-,21?,22?/m1/s1. The summed E-state index contributed by atoms with van der Waals surface area (Å²) in [6.07, 6.45) is 1.07. The maximum Gasteiger partial charge on any atom is 0.224 e. The number of halogens is 2. The number of amides is 1. The first kappa shape index (κ1) is 20.3. The number of hydrogen-bond acceptors (Lipinski definition) is 3. The molecule has 2 aromatic rings. The van der Waals surface area contributed by atoms with Crippen LogP contribution in [-0.4, -0.2) is 36.1 Å². The van der Waals surface area contributed by atoms with Gasteiger partial charge in [0.05, 0.1) is 5.41 Å². The van der Waals surface area contributed by atoms with Gasteiger partial charge in [-0.05, 0) is 38.9 Å². The highest BCUT2D eigenvalue weighted by atomic mass is 19.1. The molecule has 1 amide bonds. The molecule has 3 atom stereocenters. The third kappa shape index (κ3) is 3.37. The molecule has 150 valence electrons. The fourth-order valence-electron chi connectivity index (χ4n) is 4.36. The summed E-state index contributed by atoms with van der Waals surface area (Å²) in [5, 5.41) is 9.37. The van der Waals surface area contributed by atoms with Gasteiger partial charge < -0.3 is 15.7 Å². The van der Waals surface area contributed by atoms with E-state index >= 15 is 0 Å². The number of nitrogens with zero attached hydrogens (tertiary/aromatic N) is 1. The van der Waals surface area contributed by atoms with Crippen LogP contribution in [0.1, 0.15) is 30.9 Å². The van der Waals surface area contributed by atoms with Crippen molar-refractivity contribution in [2.45, 2.75) is 37.6 Å². The van der Waals surface area contributed by atoms with Crippen LogP contribution in [0.4, 0.5) is 8.78 Å². The van der Waals surface area contributed by atoms with Gasteiger partial charge in [0.25, 0.3) is 0 Å². The quantitative estimate of drug-likeness (QED) is 0.764. The average molecular weight is 388 g/mol. The molecule has 3 N–H and O–H groups in total. The Bertz CT molecular complexity index is 864. The van der Waals surface area contributed by atoms with Crippen molar-refractivity contribution in [2.75, 3.05) is 14.1 Å².